The van der Waals surface area contributed by atoms with Gasteiger partial charge in [-0.2, -0.15) is 13.2 Å². The number of nitrogens with zero attached hydrogens (tertiary/aromatic N) is 1. The zero-order valence-electron chi connectivity index (χ0n) is 11.4. The van der Waals surface area contributed by atoms with Crippen LogP contribution in [0.3, 0.4) is 0 Å². The van der Waals surface area contributed by atoms with Crippen molar-refractivity contribution in [3.63, 3.8) is 0 Å². The molecule has 1 saturated heterocycles. The molecule has 3 unspecified atom stereocenters. The van der Waals surface area contributed by atoms with Crippen molar-refractivity contribution in [3.8, 4) is 0 Å². The van der Waals surface area contributed by atoms with Gasteiger partial charge in [0, 0.05) is 12.3 Å². The van der Waals surface area contributed by atoms with Gasteiger partial charge in [-0.05, 0) is 25.5 Å². The zero-order valence-corrected chi connectivity index (χ0v) is 11.4. The Morgan fingerprint density at radius 1 is 1.33 bits per heavy atom. The number of ether oxygens (including phenoxy) is 1. The Kier molecular flexibility index (Phi) is 6.53. The van der Waals surface area contributed by atoms with E-state index in [4.69, 9.17) is 20.1 Å². The quantitative estimate of drug-likeness (QED) is 0.718. The predicted octanol–water partition coefficient (Wildman–Crippen LogP) is 0.898. The SMILES string of the molecule is Cc1cccc(C(F)(F)F)n1.OCC1OCCC(O)C1O. The summed E-state index contributed by atoms with van der Waals surface area (Å²) in [6, 6.07) is 3.81. The number of aromatic nitrogens is 1. The van der Waals surface area contributed by atoms with Gasteiger partial charge >= 0.3 is 6.18 Å². The number of aliphatic hydroxyl groups excluding tert-OH is 3. The van der Waals surface area contributed by atoms with Crippen LogP contribution in [0.1, 0.15) is 17.8 Å². The molecule has 21 heavy (non-hydrogen) atoms. The van der Waals surface area contributed by atoms with Crippen molar-refractivity contribution in [2.45, 2.75) is 37.8 Å². The van der Waals surface area contributed by atoms with E-state index in [9.17, 15) is 13.2 Å². The second-order valence-corrected chi connectivity index (χ2v) is 4.60. The van der Waals surface area contributed by atoms with Gasteiger partial charge in [-0.1, -0.05) is 6.07 Å². The Morgan fingerprint density at radius 3 is 2.43 bits per heavy atom. The van der Waals surface area contributed by atoms with Gasteiger partial charge in [-0.25, -0.2) is 4.98 Å². The zero-order chi connectivity index (χ0) is 16.0. The van der Waals surface area contributed by atoms with Crippen molar-refractivity contribution in [1.29, 1.82) is 0 Å². The third-order valence-corrected chi connectivity index (χ3v) is 2.88. The predicted molar refractivity (Wildman–Crippen MR) is 67.4 cm³/mol. The molecule has 0 spiro atoms. The Labute approximate surface area is 120 Å². The highest BCUT2D eigenvalue weighted by atomic mass is 19.4. The van der Waals surface area contributed by atoms with E-state index in [1.807, 2.05) is 0 Å². The largest absolute Gasteiger partial charge is 0.433 e. The normalized spacial score (nSPS) is 26.0. The molecule has 1 aliphatic heterocycles. The molecule has 120 valence electrons. The minimum atomic E-state index is -4.33. The summed E-state index contributed by atoms with van der Waals surface area (Å²) in [7, 11) is 0. The van der Waals surface area contributed by atoms with Crippen molar-refractivity contribution in [1.82, 2.24) is 4.98 Å². The molecule has 0 aromatic carbocycles. The average Bonchev–Trinajstić information content (AvgIpc) is 2.42. The Bertz CT molecular complexity index is 442. The van der Waals surface area contributed by atoms with E-state index < -0.39 is 30.2 Å². The molecule has 0 saturated carbocycles. The average molecular weight is 309 g/mol. The highest BCUT2D eigenvalue weighted by Gasteiger charge is 2.32. The van der Waals surface area contributed by atoms with E-state index in [2.05, 4.69) is 4.98 Å². The summed E-state index contributed by atoms with van der Waals surface area (Å²) in [5.41, 5.74) is -0.461. The summed E-state index contributed by atoms with van der Waals surface area (Å²) < 4.78 is 40.7. The highest BCUT2D eigenvalue weighted by molar-refractivity contribution is 5.12. The summed E-state index contributed by atoms with van der Waals surface area (Å²) in [4.78, 5) is 3.32. The van der Waals surface area contributed by atoms with Gasteiger partial charge in [0.05, 0.1) is 12.7 Å². The molecule has 1 aromatic rings. The van der Waals surface area contributed by atoms with Crippen LogP contribution in [-0.2, 0) is 10.9 Å². The standard InChI is InChI=1S/C7H6F3N.C6H12O4/c1-5-3-2-4-6(11-5)7(8,9)10;7-3-5-6(9)4(8)1-2-10-5/h2-4H,1H3;4-9H,1-3H2. The van der Waals surface area contributed by atoms with E-state index in [-0.39, 0.29) is 6.61 Å². The van der Waals surface area contributed by atoms with Crippen LogP contribution in [0.15, 0.2) is 18.2 Å². The first-order chi connectivity index (χ1) is 9.75. The summed E-state index contributed by atoms with van der Waals surface area (Å²) in [6.07, 6.45) is -6.17. The van der Waals surface area contributed by atoms with Crippen LogP contribution >= 0.6 is 0 Å². The fourth-order valence-electron chi connectivity index (χ4n) is 1.72. The second-order valence-electron chi connectivity index (χ2n) is 4.60. The first-order valence-corrected chi connectivity index (χ1v) is 6.35. The van der Waals surface area contributed by atoms with Crippen LogP contribution in [0, 0.1) is 6.92 Å². The number of hydrogen-bond donors (Lipinski definition) is 3. The lowest BCUT2D eigenvalue weighted by molar-refractivity contribution is -0.147. The maximum absolute atomic E-state index is 11.9. The number of halogens is 3. The molecule has 1 aromatic heterocycles. The molecule has 0 radical (unpaired) electrons. The van der Waals surface area contributed by atoms with Gasteiger partial charge in [0.25, 0.3) is 0 Å². The lowest BCUT2D eigenvalue weighted by atomic mass is 10.0. The van der Waals surface area contributed by atoms with Gasteiger partial charge in [0.2, 0.25) is 0 Å². The molecule has 1 fully saturated rings. The maximum atomic E-state index is 11.9. The van der Waals surface area contributed by atoms with E-state index in [0.717, 1.165) is 6.07 Å². The smallest absolute Gasteiger partial charge is 0.394 e. The molecule has 3 N–H and O–H groups in total. The molecule has 3 atom stereocenters. The molecule has 2 heterocycles. The van der Waals surface area contributed by atoms with Crippen LogP contribution in [0.25, 0.3) is 0 Å². The summed E-state index contributed by atoms with van der Waals surface area (Å²) in [5.74, 6) is 0. The topological polar surface area (TPSA) is 82.8 Å². The minimum absolute atomic E-state index is 0.238. The van der Waals surface area contributed by atoms with E-state index in [1.165, 1.54) is 19.1 Å². The Hall–Kier alpha value is -1.22. The van der Waals surface area contributed by atoms with Gasteiger partial charge < -0.3 is 20.1 Å². The van der Waals surface area contributed by atoms with Crippen LogP contribution in [-0.4, -0.2) is 51.8 Å². The summed E-state index contributed by atoms with van der Waals surface area (Å²) in [5, 5.41) is 26.7. The van der Waals surface area contributed by atoms with Crippen molar-refractivity contribution in [3.05, 3.63) is 29.6 Å². The number of pyridine rings is 1. The van der Waals surface area contributed by atoms with E-state index in [0.29, 0.717) is 18.7 Å². The fraction of sp³-hybridized carbons (Fsp3) is 0.615. The fourth-order valence-corrected chi connectivity index (χ4v) is 1.72. The highest BCUT2D eigenvalue weighted by Crippen LogP contribution is 2.27. The number of rotatable bonds is 1. The lowest BCUT2D eigenvalue weighted by Gasteiger charge is -2.30. The molecular formula is C13H18F3NO4. The van der Waals surface area contributed by atoms with Gasteiger partial charge in [-0.3, -0.25) is 0 Å². The van der Waals surface area contributed by atoms with Gasteiger partial charge in [-0.15, -0.1) is 0 Å². The Balaban J connectivity index is 0.000000211. The van der Waals surface area contributed by atoms with Crippen LogP contribution in [0.4, 0.5) is 13.2 Å². The first kappa shape index (κ1) is 17.8. The van der Waals surface area contributed by atoms with Crippen molar-refractivity contribution < 1.29 is 33.2 Å². The number of alkyl halides is 3. The third kappa shape index (κ3) is 5.58. The van der Waals surface area contributed by atoms with Crippen molar-refractivity contribution in [2.24, 2.45) is 0 Å². The molecule has 1 aliphatic rings. The van der Waals surface area contributed by atoms with Crippen LogP contribution in [0.2, 0.25) is 0 Å². The minimum Gasteiger partial charge on any atom is -0.394 e. The third-order valence-electron chi connectivity index (χ3n) is 2.88. The summed E-state index contributed by atoms with van der Waals surface area (Å²) in [6.45, 7) is 1.69. The Morgan fingerprint density at radius 2 is 2.00 bits per heavy atom. The van der Waals surface area contributed by atoms with Gasteiger partial charge in [0.15, 0.2) is 0 Å². The second kappa shape index (κ2) is 7.69. The maximum Gasteiger partial charge on any atom is 0.433 e. The van der Waals surface area contributed by atoms with Gasteiger partial charge in [0.1, 0.15) is 17.9 Å². The molecule has 2 rings (SSSR count). The number of aliphatic hydroxyl groups is 3. The molecule has 8 heteroatoms. The van der Waals surface area contributed by atoms with E-state index >= 15 is 0 Å². The number of aryl methyl sites for hydroxylation is 1. The monoisotopic (exact) mass is 309 g/mol. The van der Waals surface area contributed by atoms with Crippen molar-refractivity contribution in [2.75, 3.05) is 13.2 Å². The van der Waals surface area contributed by atoms with Crippen LogP contribution < -0.4 is 0 Å². The van der Waals surface area contributed by atoms with Crippen LogP contribution in [0.5, 0.6) is 0 Å². The summed E-state index contributed by atoms with van der Waals surface area (Å²) >= 11 is 0. The van der Waals surface area contributed by atoms with E-state index in [1.54, 1.807) is 0 Å². The van der Waals surface area contributed by atoms with Crippen molar-refractivity contribution >= 4 is 0 Å². The molecular weight excluding hydrogens is 291 g/mol. The molecule has 5 nitrogen and oxygen atoms in total. The number of hydrogen-bond acceptors (Lipinski definition) is 5. The molecule has 0 bridgehead atoms. The lowest BCUT2D eigenvalue weighted by Crippen LogP contribution is -2.46. The molecule has 0 aliphatic carbocycles. The first-order valence-electron chi connectivity index (χ1n) is 6.35. The molecule has 0 amide bonds.